The number of hydrogen-bond donors (Lipinski definition) is 1. The van der Waals surface area contributed by atoms with Gasteiger partial charge in [0.1, 0.15) is 0 Å². The molecule has 27 heavy (non-hydrogen) atoms. The van der Waals surface area contributed by atoms with Crippen LogP contribution in [-0.4, -0.2) is 80.1 Å². The Kier molecular flexibility index (Phi) is 14.2. The molecule has 0 radical (unpaired) electrons. The fourth-order valence-corrected chi connectivity index (χ4v) is 8.81. The van der Waals surface area contributed by atoms with E-state index in [2.05, 4.69) is 0 Å². The van der Waals surface area contributed by atoms with Gasteiger partial charge in [-0.25, -0.2) is 4.79 Å². The Hall–Kier alpha value is -0.536. The molecule has 0 saturated heterocycles. The van der Waals surface area contributed by atoms with Gasteiger partial charge in [-0.3, -0.25) is 0 Å². The lowest BCUT2D eigenvalue weighted by atomic mass is 10.4. The molecule has 11 heteroatoms. The zero-order valence-electron chi connectivity index (χ0n) is 17.6. The summed E-state index contributed by atoms with van der Waals surface area (Å²) in [6.07, 6.45) is -0.401. The van der Waals surface area contributed by atoms with Crippen LogP contribution in [0.2, 0.25) is 6.04 Å². The average molecular weight is 428 g/mol. The largest absolute Gasteiger partial charge is 0.672 e. The lowest BCUT2D eigenvalue weighted by Gasteiger charge is -2.36. The predicted molar refractivity (Wildman–Crippen MR) is 105 cm³/mol. The third-order valence-electron chi connectivity index (χ3n) is 3.54. The van der Waals surface area contributed by atoms with Crippen molar-refractivity contribution in [1.82, 2.24) is 4.90 Å². The first-order chi connectivity index (χ1) is 12.9. The minimum Gasteiger partial charge on any atom is -0.465 e. The van der Waals surface area contributed by atoms with E-state index in [1.807, 2.05) is 34.6 Å². The zero-order valence-corrected chi connectivity index (χ0v) is 19.6. The fourth-order valence-electron chi connectivity index (χ4n) is 2.55. The van der Waals surface area contributed by atoms with Crippen molar-refractivity contribution in [2.24, 2.45) is 0 Å². The molecule has 0 fully saturated rings. The van der Waals surface area contributed by atoms with E-state index in [1.165, 1.54) is 4.90 Å². The maximum Gasteiger partial charge on any atom is 0.672 e. The number of nitrogens with zero attached hydrogens (tertiary/aromatic N) is 1. The van der Waals surface area contributed by atoms with Crippen molar-refractivity contribution in [3.63, 3.8) is 0 Å². The van der Waals surface area contributed by atoms with Gasteiger partial charge in [0.05, 0.1) is 0 Å². The molecule has 0 aromatic carbocycles. The molecule has 0 aromatic rings. The quantitative estimate of drug-likeness (QED) is 0.354. The van der Waals surface area contributed by atoms with E-state index >= 15 is 0 Å². The summed E-state index contributed by atoms with van der Waals surface area (Å²) in [6.45, 7) is 13.8. The Bertz CT molecular complexity index is 380. The minimum atomic E-state index is -3.43. The maximum absolute atomic E-state index is 11.2. The van der Waals surface area contributed by atoms with Crippen molar-refractivity contribution in [2.75, 3.05) is 46.1 Å². The van der Waals surface area contributed by atoms with Gasteiger partial charge in [-0.05, 0) is 48.0 Å². The number of carboxylic acid groups (broad SMARTS) is 1. The zero-order chi connectivity index (χ0) is 20.8. The molecule has 0 saturated carbocycles. The molecule has 0 bridgehead atoms. The molecule has 0 heterocycles. The normalized spacial score (nSPS) is 12.4. The second-order valence-corrected chi connectivity index (χ2v) is 10.5. The molecule has 162 valence electrons. The van der Waals surface area contributed by atoms with Gasteiger partial charge in [0.2, 0.25) is 0 Å². The molecule has 1 N–H and O–H groups in total. The van der Waals surface area contributed by atoms with Crippen molar-refractivity contribution in [2.45, 2.75) is 54.0 Å². The molecule has 0 atom stereocenters. The summed E-state index contributed by atoms with van der Waals surface area (Å²) in [5.74, 6) is 0. The molecule has 0 rings (SSSR count). The van der Waals surface area contributed by atoms with Gasteiger partial charge in [0.25, 0.3) is 0 Å². The van der Waals surface area contributed by atoms with Crippen molar-refractivity contribution in [1.29, 1.82) is 0 Å². The van der Waals surface area contributed by atoms with Crippen LogP contribution in [0, 0.1) is 0 Å². The highest BCUT2D eigenvalue weighted by molar-refractivity contribution is 6.72. The van der Waals surface area contributed by atoms with Crippen LogP contribution in [0.5, 0.6) is 0 Å². The highest BCUT2D eigenvalue weighted by Gasteiger charge is 2.56. The highest BCUT2D eigenvalue weighted by Crippen LogP contribution is 2.26. The number of amides is 1. The third-order valence-corrected chi connectivity index (χ3v) is 10.1. The number of rotatable bonds is 17. The second-order valence-electron chi connectivity index (χ2n) is 5.42. The smallest absolute Gasteiger partial charge is 0.465 e. The predicted octanol–water partition coefficient (Wildman–Crippen LogP) is 2.95. The SMILES string of the molecule is CCO[Si](CCCN(CC)C(=O)O)(OCC)O[Si](OCC)(OCC)OCC. The molecular formula is C16H37NO8Si2. The van der Waals surface area contributed by atoms with Crippen LogP contribution >= 0.6 is 0 Å². The lowest BCUT2D eigenvalue weighted by molar-refractivity contribution is -0.0226. The molecule has 0 aliphatic heterocycles. The van der Waals surface area contributed by atoms with E-state index in [1.54, 1.807) is 6.92 Å². The first-order valence-electron chi connectivity index (χ1n) is 9.75. The Morgan fingerprint density at radius 3 is 1.59 bits per heavy atom. The molecular weight excluding hydrogens is 390 g/mol. The van der Waals surface area contributed by atoms with Crippen LogP contribution in [0.25, 0.3) is 0 Å². The van der Waals surface area contributed by atoms with Gasteiger partial charge in [-0.15, -0.1) is 0 Å². The Balaban J connectivity index is 5.45. The van der Waals surface area contributed by atoms with Gasteiger partial charge in [-0.1, -0.05) is 0 Å². The third kappa shape index (κ3) is 9.48. The van der Waals surface area contributed by atoms with Gasteiger partial charge in [-0.2, -0.15) is 0 Å². The molecule has 1 amide bonds. The Morgan fingerprint density at radius 1 is 0.815 bits per heavy atom. The van der Waals surface area contributed by atoms with Crippen molar-refractivity contribution < 1.29 is 36.1 Å². The van der Waals surface area contributed by atoms with E-state index in [0.717, 1.165) is 0 Å². The summed E-state index contributed by atoms with van der Waals surface area (Å²) in [7, 11) is -6.62. The minimum absolute atomic E-state index is 0.372. The van der Waals surface area contributed by atoms with Crippen molar-refractivity contribution in [3.05, 3.63) is 0 Å². The Morgan fingerprint density at radius 2 is 1.26 bits per heavy atom. The summed E-state index contributed by atoms with van der Waals surface area (Å²) in [6, 6.07) is 0.445. The van der Waals surface area contributed by atoms with Crippen LogP contribution in [0.1, 0.15) is 48.0 Å². The van der Waals surface area contributed by atoms with Crippen molar-refractivity contribution in [3.8, 4) is 0 Å². The highest BCUT2D eigenvalue weighted by atomic mass is 28.5. The summed E-state index contributed by atoms with van der Waals surface area (Å²) in [5, 5.41) is 9.20. The van der Waals surface area contributed by atoms with Crippen LogP contribution in [0.3, 0.4) is 0 Å². The van der Waals surface area contributed by atoms with Gasteiger partial charge in [0.15, 0.2) is 0 Å². The summed E-state index contributed by atoms with van der Waals surface area (Å²) in [4.78, 5) is 12.6. The topological polar surface area (TPSA) is 95.9 Å². The van der Waals surface area contributed by atoms with Gasteiger partial charge in [0, 0.05) is 52.2 Å². The van der Waals surface area contributed by atoms with Crippen LogP contribution in [0.4, 0.5) is 4.79 Å². The van der Waals surface area contributed by atoms with E-state index in [0.29, 0.717) is 58.6 Å². The molecule has 0 spiro atoms. The first kappa shape index (κ1) is 26.5. The second kappa shape index (κ2) is 14.5. The monoisotopic (exact) mass is 427 g/mol. The van der Waals surface area contributed by atoms with Crippen LogP contribution in [0.15, 0.2) is 0 Å². The van der Waals surface area contributed by atoms with E-state index in [-0.39, 0.29) is 0 Å². The van der Waals surface area contributed by atoms with Gasteiger partial charge >= 0.3 is 23.9 Å². The molecule has 0 aromatic heterocycles. The van der Waals surface area contributed by atoms with Crippen LogP contribution in [-0.2, 0) is 26.2 Å². The Labute approximate surface area is 165 Å². The fraction of sp³-hybridized carbons (Fsp3) is 0.938. The van der Waals surface area contributed by atoms with E-state index in [4.69, 9.17) is 26.2 Å². The molecule has 0 unspecified atom stereocenters. The molecule has 0 aliphatic carbocycles. The molecule has 0 aliphatic rings. The summed E-state index contributed by atoms with van der Waals surface area (Å²) in [5.41, 5.74) is 0. The lowest BCUT2D eigenvalue weighted by Crippen LogP contribution is -2.60. The standard InChI is InChI=1S/C16H37NO8Si2/c1-7-17(16(18)19)14-13-15-26(20-8-2,21-9-3)25-27(22-10-4,23-11-5)24-12-6/h7-15H2,1-6H3,(H,18,19). The van der Waals surface area contributed by atoms with Gasteiger partial charge < -0.3 is 36.3 Å². The maximum atomic E-state index is 11.2. The van der Waals surface area contributed by atoms with Crippen LogP contribution < -0.4 is 0 Å². The van der Waals surface area contributed by atoms with Crippen molar-refractivity contribution >= 4 is 23.9 Å². The number of carbonyl (C=O) groups is 1. The summed E-state index contributed by atoms with van der Waals surface area (Å²) < 4.78 is 35.6. The first-order valence-corrected chi connectivity index (χ1v) is 13.3. The summed E-state index contributed by atoms with van der Waals surface area (Å²) >= 11 is 0. The van der Waals surface area contributed by atoms with E-state index in [9.17, 15) is 9.90 Å². The molecule has 9 nitrogen and oxygen atoms in total. The number of hydrogen-bond acceptors (Lipinski definition) is 7. The van der Waals surface area contributed by atoms with E-state index < -0.39 is 23.9 Å². The average Bonchev–Trinajstić information content (AvgIpc) is 2.59.